The zero-order valence-electron chi connectivity index (χ0n) is 10.8. The van der Waals surface area contributed by atoms with Gasteiger partial charge in [0.1, 0.15) is 5.54 Å². The number of carboxylic acids is 1. The third kappa shape index (κ3) is 3.21. The highest BCUT2D eigenvalue weighted by molar-refractivity contribution is 9.10. The van der Waals surface area contributed by atoms with Crippen molar-refractivity contribution in [3.8, 4) is 0 Å². The summed E-state index contributed by atoms with van der Waals surface area (Å²) >= 11 is 3.24. The molecule has 0 aromatic heterocycles. The van der Waals surface area contributed by atoms with Crippen LogP contribution < -0.4 is 4.72 Å². The lowest BCUT2D eigenvalue weighted by atomic mass is 9.83. The van der Waals surface area contributed by atoms with Crippen molar-refractivity contribution in [1.29, 1.82) is 0 Å². The standard InChI is InChI=1S/C13H16BrNO4S/c14-10-4-6-11(7-5-10)20(18,19)15-13(12(16)17)8-2-1-3-9-13/h4-7,15H,1-3,8-9H2,(H,16,17). The van der Waals surface area contributed by atoms with Gasteiger partial charge in [0.15, 0.2) is 0 Å². The number of hydrogen-bond acceptors (Lipinski definition) is 3. The summed E-state index contributed by atoms with van der Waals surface area (Å²) in [4.78, 5) is 11.6. The van der Waals surface area contributed by atoms with E-state index in [4.69, 9.17) is 0 Å². The fourth-order valence-corrected chi connectivity index (χ4v) is 4.13. The molecule has 0 bridgehead atoms. The molecule has 0 saturated heterocycles. The van der Waals surface area contributed by atoms with E-state index >= 15 is 0 Å². The van der Waals surface area contributed by atoms with Crippen molar-refractivity contribution >= 4 is 31.9 Å². The fraction of sp³-hybridized carbons (Fsp3) is 0.462. The molecular weight excluding hydrogens is 346 g/mol. The first kappa shape index (κ1) is 15.5. The number of nitrogens with one attached hydrogen (secondary N) is 1. The lowest BCUT2D eigenvalue weighted by Gasteiger charge is -2.33. The van der Waals surface area contributed by atoms with E-state index in [1.807, 2.05) is 0 Å². The van der Waals surface area contributed by atoms with Crippen molar-refractivity contribution in [2.45, 2.75) is 42.5 Å². The maximum Gasteiger partial charge on any atom is 0.324 e. The van der Waals surface area contributed by atoms with E-state index in [-0.39, 0.29) is 4.90 Å². The Morgan fingerprint density at radius 2 is 1.70 bits per heavy atom. The molecular formula is C13H16BrNO4S. The summed E-state index contributed by atoms with van der Waals surface area (Å²) in [6.45, 7) is 0. The number of sulfonamides is 1. The summed E-state index contributed by atoms with van der Waals surface area (Å²) in [5, 5.41) is 9.41. The molecule has 2 rings (SSSR count). The van der Waals surface area contributed by atoms with Crippen LogP contribution in [0.25, 0.3) is 0 Å². The summed E-state index contributed by atoms with van der Waals surface area (Å²) in [6.07, 6.45) is 3.04. The largest absolute Gasteiger partial charge is 0.480 e. The predicted octanol–water partition coefficient (Wildman–Crippen LogP) is 2.51. The summed E-state index contributed by atoms with van der Waals surface area (Å²) in [5.74, 6) is -1.10. The highest BCUT2D eigenvalue weighted by Crippen LogP contribution is 2.30. The molecule has 5 nitrogen and oxygen atoms in total. The minimum atomic E-state index is -3.83. The van der Waals surface area contributed by atoms with Crippen LogP contribution in [0.15, 0.2) is 33.6 Å². The van der Waals surface area contributed by atoms with E-state index < -0.39 is 21.5 Å². The Kier molecular flexibility index (Phi) is 4.51. The van der Waals surface area contributed by atoms with Crippen LogP contribution in [0.5, 0.6) is 0 Å². The molecule has 1 saturated carbocycles. The molecule has 0 aliphatic heterocycles. The lowest BCUT2D eigenvalue weighted by Crippen LogP contribution is -2.55. The van der Waals surface area contributed by atoms with E-state index in [2.05, 4.69) is 20.7 Å². The van der Waals surface area contributed by atoms with Crippen LogP contribution in [0.4, 0.5) is 0 Å². The van der Waals surface area contributed by atoms with Gasteiger partial charge in [-0.05, 0) is 37.1 Å². The van der Waals surface area contributed by atoms with Crippen LogP contribution in [0.3, 0.4) is 0 Å². The molecule has 1 fully saturated rings. The van der Waals surface area contributed by atoms with Crippen LogP contribution in [0.2, 0.25) is 0 Å². The highest BCUT2D eigenvalue weighted by Gasteiger charge is 2.43. The number of benzene rings is 1. The molecule has 0 heterocycles. The zero-order valence-corrected chi connectivity index (χ0v) is 13.2. The minimum absolute atomic E-state index is 0.0758. The second kappa shape index (κ2) is 5.83. The van der Waals surface area contributed by atoms with Gasteiger partial charge in [-0.3, -0.25) is 4.79 Å². The first-order valence-corrected chi connectivity index (χ1v) is 8.66. The number of carboxylic acid groups (broad SMARTS) is 1. The second-order valence-electron chi connectivity index (χ2n) is 5.01. The number of aliphatic carboxylic acids is 1. The number of rotatable bonds is 4. The fourth-order valence-electron chi connectivity index (χ4n) is 2.44. The van der Waals surface area contributed by atoms with Gasteiger partial charge in [-0.2, -0.15) is 4.72 Å². The van der Waals surface area contributed by atoms with Crippen molar-refractivity contribution in [2.24, 2.45) is 0 Å². The molecule has 1 aromatic rings. The second-order valence-corrected chi connectivity index (χ2v) is 7.61. The molecule has 0 amide bonds. The maximum absolute atomic E-state index is 12.3. The van der Waals surface area contributed by atoms with E-state index in [1.54, 1.807) is 12.1 Å². The number of carbonyl (C=O) groups is 1. The molecule has 7 heteroatoms. The van der Waals surface area contributed by atoms with Crippen molar-refractivity contribution < 1.29 is 18.3 Å². The van der Waals surface area contributed by atoms with Crippen LogP contribution in [0, 0.1) is 0 Å². The van der Waals surface area contributed by atoms with Gasteiger partial charge in [0.05, 0.1) is 4.90 Å². The molecule has 0 radical (unpaired) electrons. The summed E-state index contributed by atoms with van der Waals surface area (Å²) in [6, 6.07) is 6.13. The van der Waals surface area contributed by atoms with Crippen molar-refractivity contribution in [3.63, 3.8) is 0 Å². The number of hydrogen-bond donors (Lipinski definition) is 2. The molecule has 0 spiro atoms. The monoisotopic (exact) mass is 361 g/mol. The molecule has 0 atom stereocenters. The molecule has 0 unspecified atom stereocenters. The van der Waals surface area contributed by atoms with Crippen LogP contribution >= 0.6 is 15.9 Å². The normalized spacial score (nSPS) is 18.6. The van der Waals surface area contributed by atoms with Gasteiger partial charge in [0.2, 0.25) is 10.0 Å². The van der Waals surface area contributed by atoms with Crippen LogP contribution in [-0.2, 0) is 14.8 Å². The van der Waals surface area contributed by atoms with Crippen LogP contribution in [-0.4, -0.2) is 25.0 Å². The quantitative estimate of drug-likeness (QED) is 0.862. The van der Waals surface area contributed by atoms with Gasteiger partial charge in [-0.15, -0.1) is 0 Å². The summed E-state index contributed by atoms with van der Waals surface area (Å²) in [7, 11) is -3.83. The van der Waals surface area contributed by atoms with Gasteiger partial charge < -0.3 is 5.11 Å². The first-order chi connectivity index (χ1) is 9.36. The van der Waals surface area contributed by atoms with E-state index in [9.17, 15) is 18.3 Å². The van der Waals surface area contributed by atoms with Gasteiger partial charge in [-0.1, -0.05) is 35.2 Å². The molecule has 110 valence electrons. The average Bonchev–Trinajstić information content (AvgIpc) is 2.39. The minimum Gasteiger partial charge on any atom is -0.480 e. The molecule has 20 heavy (non-hydrogen) atoms. The Hall–Kier alpha value is -0.920. The van der Waals surface area contributed by atoms with E-state index in [1.165, 1.54) is 12.1 Å². The first-order valence-electron chi connectivity index (χ1n) is 6.39. The average molecular weight is 362 g/mol. The van der Waals surface area contributed by atoms with Crippen molar-refractivity contribution in [2.75, 3.05) is 0 Å². The third-order valence-electron chi connectivity index (χ3n) is 3.57. The zero-order chi connectivity index (χ0) is 14.8. The maximum atomic E-state index is 12.3. The van der Waals surface area contributed by atoms with Crippen molar-refractivity contribution in [3.05, 3.63) is 28.7 Å². The van der Waals surface area contributed by atoms with E-state index in [0.717, 1.165) is 23.7 Å². The molecule has 1 aliphatic rings. The SMILES string of the molecule is O=C(O)C1(NS(=O)(=O)c2ccc(Br)cc2)CCCCC1. The highest BCUT2D eigenvalue weighted by atomic mass is 79.9. The molecule has 1 aromatic carbocycles. The predicted molar refractivity (Wildman–Crippen MR) is 77.9 cm³/mol. The Balaban J connectivity index is 2.30. The Bertz CT molecular complexity index is 591. The smallest absolute Gasteiger partial charge is 0.324 e. The topological polar surface area (TPSA) is 83.5 Å². The Morgan fingerprint density at radius 1 is 1.15 bits per heavy atom. The molecule has 1 aliphatic carbocycles. The van der Waals surface area contributed by atoms with E-state index in [0.29, 0.717) is 12.8 Å². The van der Waals surface area contributed by atoms with Gasteiger partial charge in [0.25, 0.3) is 0 Å². The Morgan fingerprint density at radius 3 is 2.20 bits per heavy atom. The summed E-state index contributed by atoms with van der Waals surface area (Å²) in [5.41, 5.74) is -1.37. The Labute approximate surface area is 126 Å². The van der Waals surface area contributed by atoms with Crippen LogP contribution in [0.1, 0.15) is 32.1 Å². The lowest BCUT2D eigenvalue weighted by molar-refractivity contribution is -0.145. The third-order valence-corrected chi connectivity index (χ3v) is 5.65. The van der Waals surface area contributed by atoms with Gasteiger partial charge in [-0.25, -0.2) is 8.42 Å². The van der Waals surface area contributed by atoms with Crippen molar-refractivity contribution in [1.82, 2.24) is 4.72 Å². The summed E-state index contributed by atoms with van der Waals surface area (Å²) < 4.78 is 27.8. The molecule has 2 N–H and O–H groups in total. The number of halogens is 1. The van der Waals surface area contributed by atoms with Gasteiger partial charge in [0, 0.05) is 4.47 Å². The van der Waals surface area contributed by atoms with Gasteiger partial charge >= 0.3 is 5.97 Å².